The van der Waals surface area contributed by atoms with Crippen LogP contribution < -0.4 is 0 Å². The molecular formula is C8H10O. The maximum absolute atomic E-state index is 8.21. The molecular weight excluding hydrogens is 112 g/mol. The van der Waals surface area contributed by atoms with Crippen LogP contribution in [0.5, 0.6) is 0 Å². The highest BCUT2D eigenvalue weighted by Crippen LogP contribution is 1.95. The third-order valence-corrected chi connectivity index (χ3v) is 0.846. The normalized spacial score (nSPS) is 8.89. The van der Waals surface area contributed by atoms with Gasteiger partial charge >= 0.3 is 0 Å². The quantitative estimate of drug-likeness (QED) is 0.450. The van der Waals surface area contributed by atoms with Gasteiger partial charge in [0.25, 0.3) is 0 Å². The van der Waals surface area contributed by atoms with Crippen molar-refractivity contribution >= 4 is 0 Å². The van der Waals surface area contributed by atoms with E-state index in [1.54, 1.807) is 18.2 Å². The second kappa shape index (κ2) is 4.91. The van der Waals surface area contributed by atoms with Crippen LogP contribution in [0.15, 0.2) is 49.3 Å². The standard InChI is InChI=1S/C8H10O/c1-3-8(4-2)6-5-7-9/h3-7,9H,1-2H2/b7-5+. The van der Waals surface area contributed by atoms with Crippen molar-refractivity contribution in [3.63, 3.8) is 0 Å². The van der Waals surface area contributed by atoms with Crippen LogP contribution >= 0.6 is 0 Å². The first-order valence-corrected chi connectivity index (χ1v) is 2.61. The van der Waals surface area contributed by atoms with Crippen molar-refractivity contribution in [2.75, 3.05) is 0 Å². The molecule has 0 aromatic rings. The molecule has 0 heterocycles. The lowest BCUT2D eigenvalue weighted by molar-refractivity contribution is 0.473. The number of hydrogen-bond donors (Lipinski definition) is 1. The number of aliphatic hydroxyl groups is 1. The molecule has 0 amide bonds. The molecule has 0 bridgehead atoms. The monoisotopic (exact) mass is 122 g/mol. The van der Waals surface area contributed by atoms with Gasteiger partial charge in [-0.3, -0.25) is 0 Å². The van der Waals surface area contributed by atoms with Gasteiger partial charge in [0, 0.05) is 0 Å². The zero-order chi connectivity index (χ0) is 7.11. The molecule has 0 aromatic heterocycles. The molecule has 0 spiro atoms. The minimum atomic E-state index is 0.889. The molecule has 0 aliphatic heterocycles. The van der Waals surface area contributed by atoms with E-state index in [0.29, 0.717) is 0 Å². The van der Waals surface area contributed by atoms with Gasteiger partial charge in [-0.15, -0.1) is 0 Å². The molecule has 9 heavy (non-hydrogen) atoms. The van der Waals surface area contributed by atoms with Crippen molar-refractivity contribution < 1.29 is 5.11 Å². The zero-order valence-corrected chi connectivity index (χ0v) is 5.25. The van der Waals surface area contributed by atoms with Gasteiger partial charge in [0.2, 0.25) is 0 Å². The lowest BCUT2D eigenvalue weighted by atomic mass is 10.2. The number of rotatable bonds is 3. The molecule has 0 aliphatic carbocycles. The summed E-state index contributed by atoms with van der Waals surface area (Å²) in [6.45, 7) is 7.06. The van der Waals surface area contributed by atoms with Gasteiger partial charge < -0.3 is 5.11 Å². The van der Waals surface area contributed by atoms with Crippen LogP contribution in [0.4, 0.5) is 0 Å². The Hall–Kier alpha value is -1.24. The summed E-state index contributed by atoms with van der Waals surface area (Å²) >= 11 is 0. The predicted octanol–water partition coefficient (Wildman–Crippen LogP) is 2.36. The van der Waals surface area contributed by atoms with Crippen LogP contribution in [-0.4, -0.2) is 5.11 Å². The van der Waals surface area contributed by atoms with Gasteiger partial charge in [-0.2, -0.15) is 0 Å². The molecule has 1 nitrogen and oxygen atoms in total. The summed E-state index contributed by atoms with van der Waals surface area (Å²) in [5.41, 5.74) is 0.889. The number of allylic oxidation sites excluding steroid dienone is 5. The van der Waals surface area contributed by atoms with Crippen LogP contribution in [0.3, 0.4) is 0 Å². The molecule has 0 rings (SSSR count). The average Bonchev–Trinajstić information content (AvgIpc) is 1.91. The maximum atomic E-state index is 8.21. The molecule has 0 fully saturated rings. The maximum Gasteiger partial charge on any atom is 0.0791 e. The highest BCUT2D eigenvalue weighted by molar-refractivity contribution is 5.30. The Balaban J connectivity index is 4.06. The Morgan fingerprint density at radius 2 is 1.78 bits per heavy atom. The van der Waals surface area contributed by atoms with E-state index in [4.69, 9.17) is 5.11 Å². The van der Waals surface area contributed by atoms with Gasteiger partial charge in [0.15, 0.2) is 0 Å². The van der Waals surface area contributed by atoms with Gasteiger partial charge in [-0.05, 0) is 11.6 Å². The third kappa shape index (κ3) is 3.35. The van der Waals surface area contributed by atoms with Crippen LogP contribution in [-0.2, 0) is 0 Å². The summed E-state index contributed by atoms with van der Waals surface area (Å²) in [5.74, 6) is 0. The van der Waals surface area contributed by atoms with Gasteiger partial charge in [-0.1, -0.05) is 31.4 Å². The van der Waals surface area contributed by atoms with Crippen LogP contribution in [0.25, 0.3) is 0 Å². The van der Waals surface area contributed by atoms with Crippen molar-refractivity contribution in [2.45, 2.75) is 0 Å². The average molecular weight is 122 g/mol. The van der Waals surface area contributed by atoms with Gasteiger partial charge in [0.05, 0.1) is 6.26 Å². The van der Waals surface area contributed by atoms with E-state index in [2.05, 4.69) is 13.2 Å². The van der Waals surface area contributed by atoms with E-state index in [-0.39, 0.29) is 0 Å². The van der Waals surface area contributed by atoms with E-state index < -0.39 is 0 Å². The first kappa shape index (κ1) is 7.76. The molecule has 0 aliphatic rings. The Morgan fingerprint density at radius 1 is 1.22 bits per heavy atom. The summed E-state index contributed by atoms with van der Waals surface area (Å²) in [5, 5.41) is 8.21. The third-order valence-electron chi connectivity index (χ3n) is 0.846. The van der Waals surface area contributed by atoms with E-state index in [1.165, 1.54) is 6.08 Å². The minimum absolute atomic E-state index is 0.889. The second-order valence-electron chi connectivity index (χ2n) is 1.42. The second-order valence-corrected chi connectivity index (χ2v) is 1.42. The predicted molar refractivity (Wildman–Crippen MR) is 40.2 cm³/mol. The van der Waals surface area contributed by atoms with Gasteiger partial charge in [-0.25, -0.2) is 0 Å². The molecule has 0 unspecified atom stereocenters. The Bertz CT molecular complexity index is 142. The summed E-state index contributed by atoms with van der Waals surface area (Å²) in [6, 6.07) is 0. The molecule has 0 saturated carbocycles. The van der Waals surface area contributed by atoms with E-state index in [1.807, 2.05) is 0 Å². The molecule has 48 valence electrons. The highest BCUT2D eigenvalue weighted by Gasteiger charge is 1.75. The molecule has 1 N–H and O–H groups in total. The van der Waals surface area contributed by atoms with Crippen LogP contribution in [0.2, 0.25) is 0 Å². The molecule has 1 heteroatoms. The van der Waals surface area contributed by atoms with Crippen molar-refractivity contribution in [3.05, 3.63) is 49.3 Å². The first-order chi connectivity index (χ1) is 4.35. The summed E-state index contributed by atoms with van der Waals surface area (Å²) in [7, 11) is 0. The first-order valence-electron chi connectivity index (χ1n) is 2.61. The van der Waals surface area contributed by atoms with Crippen molar-refractivity contribution in [1.82, 2.24) is 0 Å². The molecule has 0 atom stereocenters. The summed E-state index contributed by atoms with van der Waals surface area (Å²) in [6.07, 6.45) is 7.51. The number of hydrogen-bond acceptors (Lipinski definition) is 1. The Morgan fingerprint density at radius 3 is 2.11 bits per heavy atom. The fourth-order valence-corrected chi connectivity index (χ4v) is 0.374. The summed E-state index contributed by atoms with van der Waals surface area (Å²) in [4.78, 5) is 0. The van der Waals surface area contributed by atoms with Crippen molar-refractivity contribution in [3.8, 4) is 0 Å². The van der Waals surface area contributed by atoms with Crippen molar-refractivity contribution in [1.29, 1.82) is 0 Å². The number of aliphatic hydroxyl groups excluding tert-OH is 1. The topological polar surface area (TPSA) is 20.2 Å². The minimum Gasteiger partial charge on any atom is -0.516 e. The summed E-state index contributed by atoms with van der Waals surface area (Å²) < 4.78 is 0. The molecule has 0 aromatic carbocycles. The van der Waals surface area contributed by atoms with E-state index in [0.717, 1.165) is 11.8 Å². The lowest BCUT2D eigenvalue weighted by Gasteiger charge is -1.84. The van der Waals surface area contributed by atoms with E-state index in [9.17, 15) is 0 Å². The zero-order valence-electron chi connectivity index (χ0n) is 5.25. The Kier molecular flexibility index (Phi) is 4.23. The van der Waals surface area contributed by atoms with E-state index >= 15 is 0 Å². The smallest absolute Gasteiger partial charge is 0.0791 e. The van der Waals surface area contributed by atoms with Gasteiger partial charge in [0.1, 0.15) is 0 Å². The Labute approximate surface area is 55.3 Å². The van der Waals surface area contributed by atoms with Crippen LogP contribution in [0.1, 0.15) is 0 Å². The largest absolute Gasteiger partial charge is 0.516 e. The lowest BCUT2D eigenvalue weighted by Crippen LogP contribution is -1.64. The molecule has 0 radical (unpaired) electrons. The van der Waals surface area contributed by atoms with Crippen molar-refractivity contribution in [2.24, 2.45) is 0 Å². The molecule has 0 saturated heterocycles. The van der Waals surface area contributed by atoms with Crippen LogP contribution in [0, 0.1) is 0 Å². The SMILES string of the molecule is C=CC(C=C)=C/C=C/O. The highest BCUT2D eigenvalue weighted by atomic mass is 16.2. The fraction of sp³-hybridized carbons (Fsp3) is 0. The fourth-order valence-electron chi connectivity index (χ4n) is 0.374.